The summed E-state index contributed by atoms with van der Waals surface area (Å²) in [7, 11) is 0. The second kappa shape index (κ2) is 9.68. The summed E-state index contributed by atoms with van der Waals surface area (Å²) in [5.74, 6) is 1.86. The van der Waals surface area contributed by atoms with Crippen molar-refractivity contribution in [2.75, 3.05) is 0 Å². The van der Waals surface area contributed by atoms with E-state index >= 15 is 0 Å². The Hall–Kier alpha value is -0.940. The first-order valence-corrected chi connectivity index (χ1v) is 12.2. The molecule has 3 N–H and O–H groups in total. The predicted octanol–water partition coefficient (Wildman–Crippen LogP) is 4.36. The van der Waals surface area contributed by atoms with Crippen LogP contribution in [0.4, 0.5) is 0 Å². The maximum Gasteiger partial charge on any atom is 0.155 e. The summed E-state index contributed by atoms with van der Waals surface area (Å²) in [6.45, 7) is 4.28. The standard InChI is InChI=1S/C26H40O4/c1-3-4-8-19-9-6-5-7-16(2)26(29)24-14-22-20(23(24)15-25(28)30-19)11-10-17-12-18(27)13-21(17)22/h4,8,10-11,14,16-23,25-29H,3,5-7,9,12-13,15H2,1-2H3/b8-4+/t16?,17?,18-,19?,20?,21?,22?,23?,25?,26?/m0/s1. The summed E-state index contributed by atoms with van der Waals surface area (Å²) in [6.07, 6.45) is 16.8. The van der Waals surface area contributed by atoms with Crippen LogP contribution in [0.15, 0.2) is 36.0 Å². The lowest BCUT2D eigenvalue weighted by Crippen LogP contribution is -2.33. The molecule has 1 saturated carbocycles. The minimum absolute atomic E-state index is 0.0412. The molecular formula is C26H40O4. The molecule has 0 aromatic carbocycles. The summed E-state index contributed by atoms with van der Waals surface area (Å²) in [4.78, 5) is 0. The van der Waals surface area contributed by atoms with Gasteiger partial charge in [-0.15, -0.1) is 0 Å². The summed E-state index contributed by atoms with van der Waals surface area (Å²) >= 11 is 0. The molecule has 0 spiro atoms. The van der Waals surface area contributed by atoms with Crippen LogP contribution in [0.5, 0.6) is 0 Å². The van der Waals surface area contributed by atoms with Gasteiger partial charge in [-0.1, -0.05) is 57.1 Å². The maximum absolute atomic E-state index is 11.3. The average Bonchev–Trinajstić information content (AvgIpc) is 3.27. The van der Waals surface area contributed by atoms with E-state index in [0.717, 1.165) is 50.5 Å². The van der Waals surface area contributed by atoms with Crippen LogP contribution in [0.3, 0.4) is 0 Å². The van der Waals surface area contributed by atoms with Crippen molar-refractivity contribution in [1.82, 2.24) is 0 Å². The van der Waals surface area contributed by atoms with Gasteiger partial charge in [0, 0.05) is 6.42 Å². The lowest BCUT2D eigenvalue weighted by atomic mass is 9.70. The number of aliphatic hydroxyl groups is 3. The molecule has 0 aromatic rings. The molecular weight excluding hydrogens is 376 g/mol. The molecule has 4 nitrogen and oxygen atoms in total. The zero-order chi connectivity index (χ0) is 21.3. The molecule has 1 saturated heterocycles. The van der Waals surface area contributed by atoms with E-state index in [2.05, 4.69) is 44.2 Å². The second-order valence-electron chi connectivity index (χ2n) is 10.2. The van der Waals surface area contributed by atoms with Gasteiger partial charge in [-0.05, 0) is 73.2 Å². The zero-order valence-corrected chi connectivity index (χ0v) is 18.6. The lowest BCUT2D eigenvalue weighted by molar-refractivity contribution is -0.135. The van der Waals surface area contributed by atoms with Gasteiger partial charge in [0.1, 0.15) is 0 Å². The first kappa shape index (κ1) is 22.3. The number of rotatable bonds is 2. The van der Waals surface area contributed by atoms with Crippen LogP contribution in [-0.4, -0.2) is 39.9 Å². The van der Waals surface area contributed by atoms with Crippen LogP contribution in [0.25, 0.3) is 0 Å². The molecule has 0 aromatic heterocycles. The highest BCUT2D eigenvalue weighted by Gasteiger charge is 2.49. The largest absolute Gasteiger partial charge is 0.393 e. The molecule has 4 aliphatic rings. The Bertz CT molecular complexity index is 668. The number of fused-ring (bicyclic) bond motifs is 5. The Morgan fingerprint density at radius 3 is 2.63 bits per heavy atom. The smallest absolute Gasteiger partial charge is 0.155 e. The van der Waals surface area contributed by atoms with E-state index in [1.54, 1.807) is 0 Å². The maximum atomic E-state index is 11.3. The van der Waals surface area contributed by atoms with Crippen LogP contribution in [0.1, 0.15) is 65.2 Å². The van der Waals surface area contributed by atoms with E-state index in [1.165, 1.54) is 0 Å². The van der Waals surface area contributed by atoms with E-state index in [9.17, 15) is 15.3 Å². The third-order valence-electron chi connectivity index (χ3n) is 8.09. The Labute approximate surface area is 181 Å². The van der Waals surface area contributed by atoms with E-state index in [4.69, 9.17) is 4.74 Å². The molecule has 3 aliphatic carbocycles. The number of allylic oxidation sites excluding steroid dienone is 4. The van der Waals surface area contributed by atoms with Crippen molar-refractivity contribution in [3.05, 3.63) is 36.0 Å². The van der Waals surface area contributed by atoms with Crippen LogP contribution in [-0.2, 0) is 4.74 Å². The Morgan fingerprint density at radius 2 is 1.83 bits per heavy atom. The first-order valence-electron chi connectivity index (χ1n) is 12.2. The molecule has 0 amide bonds. The van der Waals surface area contributed by atoms with E-state index in [0.29, 0.717) is 30.1 Å². The van der Waals surface area contributed by atoms with Crippen molar-refractivity contribution in [1.29, 1.82) is 0 Å². The van der Waals surface area contributed by atoms with Crippen LogP contribution >= 0.6 is 0 Å². The highest BCUT2D eigenvalue weighted by Crippen LogP contribution is 2.54. The van der Waals surface area contributed by atoms with Crippen molar-refractivity contribution >= 4 is 0 Å². The van der Waals surface area contributed by atoms with Crippen LogP contribution in [0, 0.1) is 35.5 Å². The zero-order valence-electron chi connectivity index (χ0n) is 18.6. The SMILES string of the molecule is CC/C=C/C1CCCCC(C)C(O)C2=CC3C(C=CC4C[C@H](O)CC43)C2CC(O)O1. The normalized spacial score (nSPS) is 47.2. The van der Waals surface area contributed by atoms with Gasteiger partial charge in [0.2, 0.25) is 0 Å². The fourth-order valence-electron chi connectivity index (χ4n) is 6.51. The second-order valence-corrected chi connectivity index (χ2v) is 10.2. The third kappa shape index (κ3) is 4.62. The van der Waals surface area contributed by atoms with Gasteiger partial charge in [-0.25, -0.2) is 0 Å². The average molecular weight is 417 g/mol. The van der Waals surface area contributed by atoms with Crippen LogP contribution < -0.4 is 0 Å². The predicted molar refractivity (Wildman–Crippen MR) is 118 cm³/mol. The van der Waals surface area contributed by atoms with Gasteiger partial charge in [0.05, 0.1) is 18.3 Å². The van der Waals surface area contributed by atoms with Crippen molar-refractivity contribution in [3.8, 4) is 0 Å². The molecule has 0 radical (unpaired) electrons. The molecule has 2 fully saturated rings. The highest BCUT2D eigenvalue weighted by atomic mass is 16.6. The number of aliphatic hydroxyl groups excluding tert-OH is 3. The van der Waals surface area contributed by atoms with Crippen molar-refractivity contribution < 1.29 is 20.1 Å². The van der Waals surface area contributed by atoms with Gasteiger partial charge in [0.25, 0.3) is 0 Å². The van der Waals surface area contributed by atoms with Gasteiger partial charge >= 0.3 is 0 Å². The highest BCUT2D eigenvalue weighted by molar-refractivity contribution is 5.30. The Morgan fingerprint density at radius 1 is 1.03 bits per heavy atom. The summed E-state index contributed by atoms with van der Waals surface area (Å²) < 4.78 is 6.07. The van der Waals surface area contributed by atoms with Gasteiger partial charge in [-0.3, -0.25) is 0 Å². The van der Waals surface area contributed by atoms with E-state index in [1.807, 2.05) is 0 Å². The molecule has 10 atom stereocenters. The van der Waals surface area contributed by atoms with Gasteiger partial charge in [0.15, 0.2) is 6.29 Å². The quantitative estimate of drug-likeness (QED) is 0.585. The molecule has 168 valence electrons. The van der Waals surface area contributed by atoms with Gasteiger partial charge in [-0.2, -0.15) is 0 Å². The number of hydrogen-bond donors (Lipinski definition) is 3. The molecule has 1 aliphatic heterocycles. The third-order valence-corrected chi connectivity index (χ3v) is 8.09. The molecule has 0 bridgehead atoms. The minimum atomic E-state index is -0.828. The monoisotopic (exact) mass is 416 g/mol. The minimum Gasteiger partial charge on any atom is -0.393 e. The summed E-state index contributed by atoms with van der Waals surface area (Å²) in [5, 5.41) is 32.3. The van der Waals surface area contributed by atoms with Crippen molar-refractivity contribution in [3.63, 3.8) is 0 Å². The first-order chi connectivity index (χ1) is 14.5. The fourth-order valence-corrected chi connectivity index (χ4v) is 6.51. The number of ether oxygens (including phenoxy) is 1. The molecule has 4 rings (SSSR count). The topological polar surface area (TPSA) is 69.9 Å². The van der Waals surface area contributed by atoms with Gasteiger partial charge < -0.3 is 20.1 Å². The van der Waals surface area contributed by atoms with E-state index in [-0.39, 0.29) is 24.0 Å². The Kier molecular flexibility index (Phi) is 7.19. The van der Waals surface area contributed by atoms with Crippen molar-refractivity contribution in [2.24, 2.45) is 35.5 Å². The summed E-state index contributed by atoms with van der Waals surface area (Å²) in [6, 6.07) is 0. The molecule has 1 heterocycles. The lowest BCUT2D eigenvalue weighted by Gasteiger charge is -2.36. The van der Waals surface area contributed by atoms with Crippen LogP contribution in [0.2, 0.25) is 0 Å². The van der Waals surface area contributed by atoms with Crippen molar-refractivity contribution in [2.45, 2.75) is 89.8 Å². The molecule has 9 unspecified atom stereocenters. The Balaban J connectivity index is 1.59. The summed E-state index contributed by atoms with van der Waals surface area (Å²) in [5.41, 5.74) is 1.10. The molecule has 30 heavy (non-hydrogen) atoms. The molecule has 4 heteroatoms. The van der Waals surface area contributed by atoms with E-state index < -0.39 is 12.4 Å². The fraction of sp³-hybridized carbons (Fsp3) is 0.769. The number of hydrogen-bond acceptors (Lipinski definition) is 4.